The van der Waals surface area contributed by atoms with Gasteiger partial charge in [-0.15, -0.1) is 0 Å². The van der Waals surface area contributed by atoms with Crippen molar-refractivity contribution in [3.8, 4) is 11.3 Å². The van der Waals surface area contributed by atoms with Crippen LogP contribution >= 0.6 is 0 Å². The van der Waals surface area contributed by atoms with Gasteiger partial charge in [0.1, 0.15) is 12.6 Å². The van der Waals surface area contributed by atoms with Crippen LogP contribution in [-0.2, 0) is 7.05 Å². The van der Waals surface area contributed by atoms with Crippen LogP contribution in [0.3, 0.4) is 0 Å². The Kier molecular flexibility index (Phi) is 2.98. The lowest BCUT2D eigenvalue weighted by molar-refractivity contribution is -0.660. The number of pyridine rings is 1. The molecule has 0 aliphatic carbocycles. The molecule has 23 heavy (non-hydrogen) atoms. The number of aromatic nitrogens is 1. The van der Waals surface area contributed by atoms with Crippen LogP contribution in [-0.4, -0.2) is 0 Å². The van der Waals surface area contributed by atoms with E-state index < -0.39 is 0 Å². The molecule has 0 radical (unpaired) electrons. The summed E-state index contributed by atoms with van der Waals surface area (Å²) < 4.78 is 22.0. The van der Waals surface area contributed by atoms with E-state index in [2.05, 4.69) is 30.5 Å². The third-order valence-electron chi connectivity index (χ3n) is 4.39. The number of halogens is 1. The van der Waals surface area contributed by atoms with Crippen LogP contribution in [0.4, 0.5) is 4.39 Å². The zero-order valence-electron chi connectivity index (χ0n) is 13.4. The maximum absolute atomic E-state index is 14.1. The molecule has 2 aromatic heterocycles. The fraction of sp³-hybridized carbons (Fsp3) is 0.150. The molecule has 0 atom stereocenters. The number of hydrogen-bond donors (Lipinski definition) is 0. The van der Waals surface area contributed by atoms with Gasteiger partial charge in [-0.1, -0.05) is 18.2 Å². The van der Waals surface area contributed by atoms with Crippen LogP contribution in [0.25, 0.3) is 33.2 Å². The summed E-state index contributed by atoms with van der Waals surface area (Å²) in [6.07, 6.45) is 2.05. The molecule has 0 aliphatic rings. The molecule has 0 saturated heterocycles. The van der Waals surface area contributed by atoms with Gasteiger partial charge in [-0.3, -0.25) is 0 Å². The van der Waals surface area contributed by atoms with Gasteiger partial charge in [-0.2, -0.15) is 0 Å². The van der Waals surface area contributed by atoms with E-state index >= 15 is 0 Å². The van der Waals surface area contributed by atoms with E-state index in [0.717, 1.165) is 27.6 Å². The summed E-state index contributed by atoms with van der Waals surface area (Å²) >= 11 is 0. The number of benzene rings is 2. The molecule has 4 aromatic rings. The molecule has 2 aromatic carbocycles. The second-order valence-corrected chi connectivity index (χ2v) is 6.05. The molecule has 0 aliphatic heterocycles. The third-order valence-corrected chi connectivity index (χ3v) is 4.39. The first-order chi connectivity index (χ1) is 11.1. The first-order valence-electron chi connectivity index (χ1n) is 7.63. The maximum Gasteiger partial charge on any atom is 0.213 e. The number of hydrogen-bond acceptors (Lipinski definition) is 1. The van der Waals surface area contributed by atoms with Gasteiger partial charge >= 0.3 is 0 Å². The Hall–Kier alpha value is -2.68. The molecule has 0 spiro atoms. The summed E-state index contributed by atoms with van der Waals surface area (Å²) in [5.41, 5.74) is 5.56. The van der Waals surface area contributed by atoms with E-state index in [-0.39, 0.29) is 5.82 Å². The fourth-order valence-corrected chi connectivity index (χ4v) is 3.21. The molecular formula is C20H17FNO+. The SMILES string of the molecule is Cc1cc[n+](C)c(-c2c(C)ccc3oc4c(F)cccc4c23)c1. The van der Waals surface area contributed by atoms with Crippen molar-refractivity contribution < 1.29 is 13.4 Å². The molecule has 0 fully saturated rings. The molecule has 3 heteroatoms. The van der Waals surface area contributed by atoms with Gasteiger partial charge in [0, 0.05) is 22.9 Å². The first kappa shape index (κ1) is 13.9. The topological polar surface area (TPSA) is 17.0 Å². The molecule has 4 rings (SSSR count). The highest BCUT2D eigenvalue weighted by molar-refractivity contribution is 6.12. The molecule has 0 amide bonds. The van der Waals surface area contributed by atoms with E-state index in [1.165, 1.54) is 11.6 Å². The van der Waals surface area contributed by atoms with Gasteiger partial charge < -0.3 is 4.42 Å². The smallest absolute Gasteiger partial charge is 0.213 e. The minimum absolute atomic E-state index is 0.323. The lowest BCUT2D eigenvalue weighted by Crippen LogP contribution is -2.30. The van der Waals surface area contributed by atoms with Gasteiger partial charge in [0.25, 0.3) is 0 Å². The van der Waals surface area contributed by atoms with Crippen molar-refractivity contribution in [3.05, 3.63) is 65.6 Å². The summed E-state index contributed by atoms with van der Waals surface area (Å²) in [6, 6.07) is 13.3. The van der Waals surface area contributed by atoms with E-state index in [0.29, 0.717) is 11.2 Å². The van der Waals surface area contributed by atoms with Crippen LogP contribution in [0, 0.1) is 19.7 Å². The number of furan rings is 1. The molecule has 2 heterocycles. The molecule has 2 nitrogen and oxygen atoms in total. The predicted molar refractivity (Wildman–Crippen MR) is 89.8 cm³/mol. The predicted octanol–water partition coefficient (Wildman–Crippen LogP) is 4.83. The molecule has 0 bridgehead atoms. The summed E-state index contributed by atoms with van der Waals surface area (Å²) in [5, 5.41) is 1.79. The highest BCUT2D eigenvalue weighted by atomic mass is 19.1. The number of rotatable bonds is 1. The highest BCUT2D eigenvalue weighted by Gasteiger charge is 2.21. The van der Waals surface area contributed by atoms with Crippen molar-refractivity contribution in [1.82, 2.24) is 0 Å². The van der Waals surface area contributed by atoms with Crippen LogP contribution < -0.4 is 4.57 Å². The molecule has 0 N–H and O–H groups in total. The largest absolute Gasteiger partial charge is 0.453 e. The molecule has 0 saturated carbocycles. The Bertz CT molecular complexity index is 1060. The number of para-hydroxylation sites is 1. The highest BCUT2D eigenvalue weighted by Crippen LogP contribution is 2.38. The van der Waals surface area contributed by atoms with Crippen LogP contribution in [0.2, 0.25) is 0 Å². The summed E-state index contributed by atoms with van der Waals surface area (Å²) in [5.74, 6) is -0.323. The molecule has 0 unspecified atom stereocenters. The Morgan fingerprint density at radius 2 is 1.87 bits per heavy atom. The normalized spacial score (nSPS) is 11.5. The summed E-state index contributed by atoms with van der Waals surface area (Å²) in [6.45, 7) is 4.15. The van der Waals surface area contributed by atoms with Crippen LogP contribution in [0.15, 0.2) is 53.1 Å². The van der Waals surface area contributed by atoms with Gasteiger partial charge in [0.05, 0.1) is 5.56 Å². The van der Waals surface area contributed by atoms with Gasteiger partial charge in [-0.25, -0.2) is 8.96 Å². The van der Waals surface area contributed by atoms with Crippen molar-refractivity contribution in [2.75, 3.05) is 0 Å². The van der Waals surface area contributed by atoms with Crippen molar-refractivity contribution >= 4 is 21.9 Å². The Morgan fingerprint density at radius 1 is 1.04 bits per heavy atom. The van der Waals surface area contributed by atoms with Crippen molar-refractivity contribution in [1.29, 1.82) is 0 Å². The zero-order valence-corrected chi connectivity index (χ0v) is 13.4. The number of nitrogens with zero attached hydrogens (tertiary/aromatic N) is 1. The van der Waals surface area contributed by atoms with Gasteiger partial charge in [-0.05, 0) is 37.1 Å². The van der Waals surface area contributed by atoms with Crippen molar-refractivity contribution in [2.24, 2.45) is 7.05 Å². The Morgan fingerprint density at radius 3 is 2.70 bits per heavy atom. The first-order valence-corrected chi connectivity index (χ1v) is 7.63. The quantitative estimate of drug-likeness (QED) is 0.460. The fourth-order valence-electron chi connectivity index (χ4n) is 3.21. The monoisotopic (exact) mass is 306 g/mol. The van der Waals surface area contributed by atoms with Gasteiger partial charge in [0.2, 0.25) is 5.69 Å². The average Bonchev–Trinajstić information content (AvgIpc) is 2.90. The number of fused-ring (bicyclic) bond motifs is 3. The van der Waals surface area contributed by atoms with E-state index in [1.54, 1.807) is 6.07 Å². The minimum atomic E-state index is -0.323. The molecular weight excluding hydrogens is 289 g/mol. The summed E-state index contributed by atoms with van der Waals surface area (Å²) in [7, 11) is 2.02. The van der Waals surface area contributed by atoms with E-state index in [4.69, 9.17) is 4.42 Å². The van der Waals surface area contributed by atoms with Crippen molar-refractivity contribution in [2.45, 2.75) is 13.8 Å². The Labute approximate surface area is 133 Å². The maximum atomic E-state index is 14.1. The molecule has 114 valence electrons. The third kappa shape index (κ3) is 2.04. The van der Waals surface area contributed by atoms with Crippen LogP contribution in [0.1, 0.15) is 11.1 Å². The van der Waals surface area contributed by atoms with Crippen molar-refractivity contribution in [3.63, 3.8) is 0 Å². The van der Waals surface area contributed by atoms with Crippen LogP contribution in [0.5, 0.6) is 0 Å². The lowest BCUT2D eigenvalue weighted by atomic mass is 9.97. The zero-order chi connectivity index (χ0) is 16.1. The Balaban J connectivity index is 2.22. The van der Waals surface area contributed by atoms with E-state index in [1.807, 2.05) is 31.4 Å². The lowest BCUT2D eigenvalue weighted by Gasteiger charge is -2.07. The summed E-state index contributed by atoms with van der Waals surface area (Å²) in [4.78, 5) is 0. The number of aryl methyl sites for hydroxylation is 3. The second-order valence-electron chi connectivity index (χ2n) is 6.05. The minimum Gasteiger partial charge on any atom is -0.453 e. The average molecular weight is 306 g/mol. The second kappa shape index (κ2) is 4.92. The standard InChI is InChI=1S/C20H17FNO/c1-12-9-10-22(3)16(11-12)18-13(2)7-8-17-19(18)14-5-4-6-15(21)20(14)23-17/h4-11H,1-3H3/q+1. The van der Waals surface area contributed by atoms with E-state index in [9.17, 15) is 4.39 Å². The van der Waals surface area contributed by atoms with Gasteiger partial charge in [0.15, 0.2) is 17.6 Å².